The van der Waals surface area contributed by atoms with E-state index in [9.17, 15) is 9.59 Å². The summed E-state index contributed by atoms with van der Waals surface area (Å²) in [5.41, 5.74) is 8.79. The maximum atomic E-state index is 12.7. The zero-order valence-corrected chi connectivity index (χ0v) is 22.6. The second-order valence-electron chi connectivity index (χ2n) is 9.96. The number of rotatable bonds is 4. The van der Waals surface area contributed by atoms with E-state index in [4.69, 9.17) is 0 Å². The highest BCUT2D eigenvalue weighted by molar-refractivity contribution is 6.09. The van der Waals surface area contributed by atoms with Crippen molar-refractivity contribution in [3.05, 3.63) is 165 Å². The van der Waals surface area contributed by atoms with E-state index in [0.717, 1.165) is 46.2 Å². The molecule has 0 unspecified atom stereocenters. The van der Waals surface area contributed by atoms with Gasteiger partial charge in [0.1, 0.15) is 0 Å². The van der Waals surface area contributed by atoms with Crippen LogP contribution in [0.5, 0.6) is 0 Å². The molecule has 0 spiro atoms. The highest BCUT2D eigenvalue weighted by Gasteiger charge is 2.14. The van der Waals surface area contributed by atoms with E-state index in [0.29, 0.717) is 16.7 Å². The Bertz CT molecular complexity index is 1740. The van der Waals surface area contributed by atoms with E-state index in [-0.39, 0.29) is 11.6 Å². The summed E-state index contributed by atoms with van der Waals surface area (Å²) in [6, 6.07) is 30.3. The Hall–Kier alpha value is -5.18. The van der Waals surface area contributed by atoms with Crippen LogP contribution in [0.25, 0.3) is 0 Å². The van der Waals surface area contributed by atoms with E-state index >= 15 is 0 Å². The molecular formula is C38H28O2. The Morgan fingerprint density at radius 2 is 0.850 bits per heavy atom. The number of carbonyl (C=O) groups is 2. The van der Waals surface area contributed by atoms with Crippen molar-refractivity contribution in [1.82, 2.24) is 0 Å². The molecule has 0 N–H and O–H groups in total. The predicted molar refractivity (Wildman–Crippen MR) is 161 cm³/mol. The number of hydrogen-bond donors (Lipinski definition) is 0. The first kappa shape index (κ1) is 26.4. The molecule has 192 valence electrons. The van der Waals surface area contributed by atoms with Crippen LogP contribution in [0.1, 0.15) is 73.9 Å². The standard InChI is InChI=1S/C38H28O2/c1-27-3-19-33(20-4-27)37(39)35-23-15-31(16-24-35)13-11-29-7-9-30(10-8-29)12-14-32-17-25-36(26-18-32)38(40)34-21-5-28(2)6-22-34/h3-5,7-10,15-21,23-26H,6,22H2,1-2H3. The number of benzene rings is 4. The summed E-state index contributed by atoms with van der Waals surface area (Å²) in [6.45, 7) is 4.09. The summed E-state index contributed by atoms with van der Waals surface area (Å²) in [7, 11) is 0. The predicted octanol–water partition coefficient (Wildman–Crippen LogP) is 7.87. The lowest BCUT2D eigenvalue weighted by atomic mass is 9.93. The van der Waals surface area contributed by atoms with Crippen molar-refractivity contribution >= 4 is 11.6 Å². The molecule has 2 nitrogen and oxygen atoms in total. The quantitative estimate of drug-likeness (QED) is 0.204. The molecular weight excluding hydrogens is 488 g/mol. The molecule has 2 heteroatoms. The summed E-state index contributed by atoms with van der Waals surface area (Å²) in [5.74, 6) is 12.8. The van der Waals surface area contributed by atoms with Gasteiger partial charge in [-0.3, -0.25) is 9.59 Å². The minimum absolute atomic E-state index is 0.00506. The lowest BCUT2D eigenvalue weighted by molar-refractivity contribution is 0.102. The van der Waals surface area contributed by atoms with Crippen LogP contribution in [0, 0.1) is 30.6 Å². The molecule has 0 saturated carbocycles. The molecule has 0 fully saturated rings. The maximum Gasteiger partial charge on any atom is 0.193 e. The zero-order chi connectivity index (χ0) is 27.9. The number of aryl methyl sites for hydroxylation is 1. The number of allylic oxidation sites excluding steroid dienone is 4. The number of Topliss-reactive ketones (excluding diaryl/α,β-unsaturated/α-hetero) is 1. The van der Waals surface area contributed by atoms with Crippen LogP contribution in [0.3, 0.4) is 0 Å². The molecule has 0 radical (unpaired) electrons. The first-order valence-corrected chi connectivity index (χ1v) is 13.3. The third-order valence-corrected chi connectivity index (χ3v) is 6.84. The third kappa shape index (κ3) is 6.63. The fraction of sp³-hybridized carbons (Fsp3) is 0.105. The zero-order valence-electron chi connectivity index (χ0n) is 22.6. The van der Waals surface area contributed by atoms with Crippen LogP contribution in [0.2, 0.25) is 0 Å². The molecule has 0 amide bonds. The van der Waals surface area contributed by atoms with Gasteiger partial charge >= 0.3 is 0 Å². The second kappa shape index (κ2) is 12.1. The van der Waals surface area contributed by atoms with Gasteiger partial charge in [0.25, 0.3) is 0 Å². The van der Waals surface area contributed by atoms with Crippen LogP contribution < -0.4 is 0 Å². The van der Waals surface area contributed by atoms with Crippen LogP contribution >= 0.6 is 0 Å². The van der Waals surface area contributed by atoms with Gasteiger partial charge in [0.2, 0.25) is 0 Å². The van der Waals surface area contributed by atoms with Gasteiger partial charge in [0.05, 0.1) is 0 Å². The Kier molecular flexibility index (Phi) is 8.01. The smallest absolute Gasteiger partial charge is 0.193 e. The average Bonchev–Trinajstić information content (AvgIpc) is 3.00. The van der Waals surface area contributed by atoms with Crippen molar-refractivity contribution in [2.45, 2.75) is 26.7 Å². The molecule has 40 heavy (non-hydrogen) atoms. The molecule has 4 aromatic rings. The average molecular weight is 517 g/mol. The van der Waals surface area contributed by atoms with E-state index in [1.807, 2.05) is 116 Å². The van der Waals surface area contributed by atoms with Gasteiger partial charge in [-0.05, 0) is 99.5 Å². The topological polar surface area (TPSA) is 34.1 Å². The Morgan fingerprint density at radius 1 is 0.475 bits per heavy atom. The normalized spacial score (nSPS) is 12.2. The minimum atomic E-state index is 0.00506. The summed E-state index contributed by atoms with van der Waals surface area (Å²) in [6.07, 6.45) is 5.71. The largest absolute Gasteiger partial charge is 0.289 e. The Morgan fingerprint density at radius 3 is 1.25 bits per heavy atom. The summed E-state index contributed by atoms with van der Waals surface area (Å²) in [5, 5.41) is 0. The lowest BCUT2D eigenvalue weighted by Gasteiger charge is -2.11. The van der Waals surface area contributed by atoms with Gasteiger partial charge in [-0.1, -0.05) is 71.2 Å². The van der Waals surface area contributed by atoms with Crippen LogP contribution in [-0.4, -0.2) is 11.6 Å². The lowest BCUT2D eigenvalue weighted by Crippen LogP contribution is -2.05. The van der Waals surface area contributed by atoms with Crippen LogP contribution in [0.4, 0.5) is 0 Å². The summed E-state index contributed by atoms with van der Waals surface area (Å²) < 4.78 is 0. The van der Waals surface area contributed by atoms with Gasteiger partial charge in [-0.15, -0.1) is 0 Å². The van der Waals surface area contributed by atoms with Gasteiger partial charge in [-0.25, -0.2) is 0 Å². The third-order valence-electron chi connectivity index (χ3n) is 6.84. The van der Waals surface area contributed by atoms with E-state index in [1.165, 1.54) is 5.57 Å². The Balaban J connectivity index is 1.20. The van der Waals surface area contributed by atoms with Gasteiger partial charge in [0.15, 0.2) is 11.6 Å². The molecule has 0 aromatic heterocycles. The summed E-state index contributed by atoms with van der Waals surface area (Å²) >= 11 is 0. The van der Waals surface area contributed by atoms with E-state index in [2.05, 4.69) is 30.6 Å². The molecule has 0 heterocycles. The van der Waals surface area contributed by atoms with Crippen molar-refractivity contribution in [2.75, 3.05) is 0 Å². The van der Waals surface area contributed by atoms with E-state index < -0.39 is 0 Å². The molecule has 0 aliphatic heterocycles. The van der Waals surface area contributed by atoms with E-state index in [1.54, 1.807) is 0 Å². The van der Waals surface area contributed by atoms with Crippen molar-refractivity contribution in [2.24, 2.45) is 0 Å². The molecule has 0 atom stereocenters. The van der Waals surface area contributed by atoms with Gasteiger partial charge < -0.3 is 0 Å². The van der Waals surface area contributed by atoms with Crippen molar-refractivity contribution < 1.29 is 9.59 Å². The van der Waals surface area contributed by atoms with Crippen molar-refractivity contribution in [1.29, 1.82) is 0 Å². The SMILES string of the molecule is CC1=CC=C(C(=O)c2ccc(C#Cc3ccc(C#Cc4ccc(C(=O)c5ccc(C)cc5)cc4)cc3)cc2)CC1. The molecule has 5 rings (SSSR count). The van der Waals surface area contributed by atoms with Gasteiger partial charge in [0, 0.05) is 44.5 Å². The molecule has 4 aromatic carbocycles. The van der Waals surface area contributed by atoms with Gasteiger partial charge in [-0.2, -0.15) is 0 Å². The second-order valence-corrected chi connectivity index (χ2v) is 9.96. The fourth-order valence-corrected chi connectivity index (χ4v) is 4.32. The number of carbonyl (C=O) groups excluding carboxylic acids is 2. The number of hydrogen-bond acceptors (Lipinski definition) is 2. The minimum Gasteiger partial charge on any atom is -0.289 e. The highest BCUT2D eigenvalue weighted by Crippen LogP contribution is 2.21. The molecule has 1 aliphatic rings. The monoisotopic (exact) mass is 516 g/mol. The van der Waals surface area contributed by atoms with Crippen LogP contribution in [0.15, 0.2) is 120 Å². The number of ketones is 2. The summed E-state index contributed by atoms with van der Waals surface area (Å²) in [4.78, 5) is 25.4. The van der Waals surface area contributed by atoms with Crippen molar-refractivity contribution in [3.63, 3.8) is 0 Å². The fourth-order valence-electron chi connectivity index (χ4n) is 4.32. The van der Waals surface area contributed by atoms with Crippen molar-refractivity contribution in [3.8, 4) is 23.7 Å². The molecule has 1 aliphatic carbocycles. The first-order chi connectivity index (χ1) is 19.4. The molecule has 0 bridgehead atoms. The molecule has 0 saturated heterocycles. The highest BCUT2D eigenvalue weighted by atomic mass is 16.1. The first-order valence-electron chi connectivity index (χ1n) is 13.3. The maximum absolute atomic E-state index is 12.7. The van der Waals surface area contributed by atoms with Crippen LogP contribution in [-0.2, 0) is 0 Å². The Labute approximate surface area is 236 Å².